The maximum absolute atomic E-state index is 12.2. The van der Waals surface area contributed by atoms with Crippen molar-refractivity contribution >= 4 is 17.3 Å². The molecule has 1 unspecified atom stereocenters. The normalized spacial score (nSPS) is 18.3. The van der Waals surface area contributed by atoms with Gasteiger partial charge in [0.25, 0.3) is 5.91 Å². The number of aliphatic imine (C=N–C) groups is 1. The van der Waals surface area contributed by atoms with E-state index >= 15 is 0 Å². The van der Waals surface area contributed by atoms with Gasteiger partial charge in [-0.2, -0.15) is 0 Å². The molecule has 0 fully saturated rings. The molecule has 0 aliphatic carbocycles. The lowest BCUT2D eigenvalue weighted by Crippen LogP contribution is -2.39. The van der Waals surface area contributed by atoms with Gasteiger partial charge in [0.1, 0.15) is 0 Å². The molecule has 100 valence electrons. The summed E-state index contributed by atoms with van der Waals surface area (Å²) in [6, 6.07) is 11.5. The van der Waals surface area contributed by atoms with Gasteiger partial charge >= 0.3 is 0 Å². The number of pyridine rings is 1. The van der Waals surface area contributed by atoms with Gasteiger partial charge < -0.3 is 10.6 Å². The number of likely N-dealkylation sites (N-methyl/N-ethyl adjacent to an activating group) is 1. The van der Waals surface area contributed by atoms with E-state index in [1.807, 2.05) is 36.4 Å². The highest BCUT2D eigenvalue weighted by molar-refractivity contribution is 6.19. The van der Waals surface area contributed by atoms with Crippen LogP contribution in [0.5, 0.6) is 0 Å². The minimum atomic E-state index is -0.900. The van der Waals surface area contributed by atoms with E-state index in [0.29, 0.717) is 11.4 Å². The average Bonchev–Trinajstić information content (AvgIpc) is 2.60. The number of carbonyl (C=O) groups is 1. The number of rotatable bonds is 1. The van der Waals surface area contributed by atoms with Gasteiger partial charge in [0, 0.05) is 24.4 Å². The van der Waals surface area contributed by atoms with Crippen molar-refractivity contribution in [3.63, 3.8) is 0 Å². The number of carbonyl (C=O) groups excluding carboxylic acids is 1. The zero-order valence-electron chi connectivity index (χ0n) is 11.0. The van der Waals surface area contributed by atoms with E-state index in [0.717, 1.165) is 11.1 Å². The van der Waals surface area contributed by atoms with Crippen LogP contribution in [0.1, 0.15) is 11.1 Å². The Kier molecular flexibility index (Phi) is 3.04. The van der Waals surface area contributed by atoms with Gasteiger partial charge in [0.2, 0.25) is 0 Å². The van der Waals surface area contributed by atoms with Crippen LogP contribution in [0.2, 0.25) is 0 Å². The molecule has 2 aromatic rings. The number of hydrogen-bond acceptors (Lipinski definition) is 4. The summed E-state index contributed by atoms with van der Waals surface area (Å²) in [4.78, 5) is 22.1. The summed E-state index contributed by atoms with van der Waals surface area (Å²) >= 11 is 0. The molecule has 0 saturated carbocycles. The minimum absolute atomic E-state index is 0.245. The number of nitrogens with zero attached hydrogens (tertiary/aromatic N) is 3. The molecule has 2 heterocycles. The molecule has 1 aromatic heterocycles. The Morgan fingerprint density at radius 2 is 1.95 bits per heavy atom. The van der Waals surface area contributed by atoms with Crippen LogP contribution in [0.15, 0.2) is 53.8 Å². The van der Waals surface area contributed by atoms with E-state index in [-0.39, 0.29) is 5.91 Å². The molecule has 1 atom stereocenters. The molecular weight excluding hydrogens is 252 g/mol. The maximum atomic E-state index is 12.2. The number of hydrogen-bond donors (Lipinski definition) is 1. The van der Waals surface area contributed by atoms with Crippen LogP contribution in [0.25, 0.3) is 0 Å². The third kappa shape index (κ3) is 1.98. The minimum Gasteiger partial charge on any atom is -0.310 e. The van der Waals surface area contributed by atoms with Crippen molar-refractivity contribution in [2.24, 2.45) is 10.7 Å². The predicted molar refractivity (Wildman–Crippen MR) is 77.7 cm³/mol. The molecule has 1 aliphatic heterocycles. The topological polar surface area (TPSA) is 71.6 Å². The Morgan fingerprint density at radius 3 is 2.70 bits per heavy atom. The Morgan fingerprint density at radius 1 is 1.20 bits per heavy atom. The predicted octanol–water partition coefficient (Wildman–Crippen LogP) is 1.18. The first-order valence-corrected chi connectivity index (χ1v) is 6.29. The third-order valence-electron chi connectivity index (χ3n) is 3.32. The van der Waals surface area contributed by atoms with Crippen LogP contribution in [-0.4, -0.2) is 29.8 Å². The number of benzene rings is 1. The van der Waals surface area contributed by atoms with E-state index in [1.165, 1.54) is 4.90 Å². The number of anilines is 1. The molecule has 0 bridgehead atoms. The Bertz CT molecular complexity index is 681. The first-order chi connectivity index (χ1) is 9.68. The lowest BCUT2D eigenvalue weighted by atomic mass is 10.0. The van der Waals surface area contributed by atoms with Crippen LogP contribution in [0.4, 0.5) is 5.69 Å². The zero-order chi connectivity index (χ0) is 14.1. The molecule has 1 amide bonds. The summed E-state index contributed by atoms with van der Waals surface area (Å²) in [6.07, 6.45) is 2.44. The first kappa shape index (κ1) is 12.5. The van der Waals surface area contributed by atoms with Crippen molar-refractivity contribution in [3.8, 4) is 0 Å². The SMILES string of the molecule is CN1C(=O)C(N)N=C(c2ccccc2)c2ccncc21. The number of fused-ring (bicyclic) bond motifs is 1. The van der Waals surface area contributed by atoms with Gasteiger partial charge in [0.05, 0.1) is 17.6 Å². The summed E-state index contributed by atoms with van der Waals surface area (Å²) in [7, 11) is 1.69. The van der Waals surface area contributed by atoms with Crippen LogP contribution in [-0.2, 0) is 4.79 Å². The van der Waals surface area contributed by atoms with Crippen molar-refractivity contribution in [2.45, 2.75) is 6.17 Å². The van der Waals surface area contributed by atoms with Crippen molar-refractivity contribution in [1.29, 1.82) is 0 Å². The highest BCUT2D eigenvalue weighted by atomic mass is 16.2. The molecule has 5 nitrogen and oxygen atoms in total. The molecule has 2 N–H and O–H groups in total. The fraction of sp³-hybridized carbons (Fsp3) is 0.133. The van der Waals surface area contributed by atoms with Crippen molar-refractivity contribution < 1.29 is 4.79 Å². The largest absolute Gasteiger partial charge is 0.310 e. The second kappa shape index (κ2) is 4.86. The monoisotopic (exact) mass is 266 g/mol. The Labute approximate surface area is 116 Å². The van der Waals surface area contributed by atoms with Gasteiger partial charge in [-0.3, -0.25) is 14.8 Å². The smallest absolute Gasteiger partial charge is 0.266 e. The summed E-state index contributed by atoms with van der Waals surface area (Å²) < 4.78 is 0. The second-order valence-corrected chi connectivity index (χ2v) is 4.58. The first-order valence-electron chi connectivity index (χ1n) is 6.29. The van der Waals surface area contributed by atoms with Crippen LogP contribution in [0.3, 0.4) is 0 Å². The van der Waals surface area contributed by atoms with Crippen LogP contribution in [0, 0.1) is 0 Å². The highest BCUT2D eigenvalue weighted by Gasteiger charge is 2.27. The van der Waals surface area contributed by atoms with E-state index < -0.39 is 6.17 Å². The summed E-state index contributed by atoms with van der Waals surface area (Å²) in [5, 5.41) is 0. The number of amides is 1. The molecule has 5 heteroatoms. The van der Waals surface area contributed by atoms with Crippen molar-refractivity contribution in [2.75, 3.05) is 11.9 Å². The molecule has 1 aromatic carbocycles. The summed E-state index contributed by atoms with van der Waals surface area (Å²) in [6.45, 7) is 0. The van der Waals surface area contributed by atoms with Crippen molar-refractivity contribution in [1.82, 2.24) is 4.98 Å². The van der Waals surface area contributed by atoms with E-state index in [1.54, 1.807) is 19.4 Å². The maximum Gasteiger partial charge on any atom is 0.266 e. The molecule has 0 radical (unpaired) electrons. The summed E-state index contributed by atoms with van der Waals surface area (Å²) in [5.74, 6) is -0.245. The van der Waals surface area contributed by atoms with E-state index in [2.05, 4.69) is 9.98 Å². The molecule has 3 rings (SSSR count). The van der Waals surface area contributed by atoms with Gasteiger partial charge in [0.15, 0.2) is 6.17 Å². The van der Waals surface area contributed by atoms with Crippen LogP contribution >= 0.6 is 0 Å². The number of aromatic nitrogens is 1. The Hall–Kier alpha value is -2.53. The van der Waals surface area contributed by atoms with Crippen LogP contribution < -0.4 is 10.6 Å². The molecule has 1 aliphatic rings. The van der Waals surface area contributed by atoms with E-state index in [4.69, 9.17) is 5.73 Å². The standard InChI is InChI=1S/C15H14N4O/c1-19-12-9-17-8-7-11(12)13(18-14(16)15(19)20)10-5-3-2-4-6-10/h2-9,14H,16H2,1H3. The lowest BCUT2D eigenvalue weighted by molar-refractivity contribution is -0.119. The number of nitrogens with two attached hydrogens (primary N) is 1. The van der Waals surface area contributed by atoms with Gasteiger partial charge in [-0.25, -0.2) is 0 Å². The quantitative estimate of drug-likeness (QED) is 0.842. The molecular formula is C15H14N4O. The Balaban J connectivity index is 2.24. The molecule has 0 spiro atoms. The molecule has 0 saturated heterocycles. The fourth-order valence-corrected chi connectivity index (χ4v) is 2.26. The van der Waals surface area contributed by atoms with Gasteiger partial charge in [-0.15, -0.1) is 0 Å². The second-order valence-electron chi connectivity index (χ2n) is 4.58. The molecule has 20 heavy (non-hydrogen) atoms. The van der Waals surface area contributed by atoms with Crippen molar-refractivity contribution in [3.05, 3.63) is 59.9 Å². The van der Waals surface area contributed by atoms with Gasteiger partial charge in [-0.05, 0) is 6.07 Å². The lowest BCUT2D eigenvalue weighted by Gasteiger charge is -2.18. The van der Waals surface area contributed by atoms with E-state index in [9.17, 15) is 4.79 Å². The average molecular weight is 266 g/mol. The highest BCUT2D eigenvalue weighted by Crippen LogP contribution is 2.25. The third-order valence-corrected chi connectivity index (χ3v) is 3.32. The fourth-order valence-electron chi connectivity index (χ4n) is 2.26. The zero-order valence-corrected chi connectivity index (χ0v) is 11.0. The summed E-state index contributed by atoms with van der Waals surface area (Å²) in [5.41, 5.74) is 9.09. The van der Waals surface area contributed by atoms with Gasteiger partial charge in [-0.1, -0.05) is 30.3 Å².